The molecule has 1 aromatic heterocycles. The molecule has 0 aliphatic rings. The van der Waals surface area contributed by atoms with Crippen LogP contribution in [0.4, 0.5) is 0 Å². The minimum Gasteiger partial charge on any atom is -0.484 e. The van der Waals surface area contributed by atoms with Crippen LogP contribution >= 0.6 is 0 Å². The minimum atomic E-state index is -0.232. The standard InChI is InChI=1S/C19H23N3O4/c1-4-25-17-10-14(8-9-20-17)12-21-19(24)15-6-5-7-16(11-15)26-13-18(23)22(2)3/h5-11H,4,12-13H2,1-3H3,(H,21,24). The molecule has 0 aliphatic heterocycles. The first-order valence-corrected chi connectivity index (χ1v) is 8.28. The number of likely N-dealkylation sites (N-methyl/N-ethyl adjacent to an activating group) is 1. The van der Waals surface area contributed by atoms with E-state index in [1.165, 1.54) is 4.90 Å². The number of pyridine rings is 1. The van der Waals surface area contributed by atoms with E-state index < -0.39 is 0 Å². The van der Waals surface area contributed by atoms with E-state index >= 15 is 0 Å². The first-order chi connectivity index (χ1) is 12.5. The number of nitrogens with one attached hydrogen (secondary N) is 1. The van der Waals surface area contributed by atoms with Crippen LogP contribution in [0.15, 0.2) is 42.6 Å². The van der Waals surface area contributed by atoms with Gasteiger partial charge >= 0.3 is 0 Å². The number of hydrogen-bond acceptors (Lipinski definition) is 5. The summed E-state index contributed by atoms with van der Waals surface area (Å²) in [5, 5.41) is 2.84. The van der Waals surface area contributed by atoms with Crippen LogP contribution < -0.4 is 14.8 Å². The normalized spacial score (nSPS) is 10.1. The molecule has 0 aliphatic carbocycles. The molecule has 7 heteroatoms. The molecular weight excluding hydrogens is 334 g/mol. The van der Waals surface area contributed by atoms with Gasteiger partial charge in [-0.3, -0.25) is 9.59 Å². The van der Waals surface area contributed by atoms with Crippen LogP contribution in [0.2, 0.25) is 0 Å². The zero-order valence-corrected chi connectivity index (χ0v) is 15.2. The first-order valence-electron chi connectivity index (χ1n) is 8.28. The number of carbonyl (C=O) groups excluding carboxylic acids is 2. The van der Waals surface area contributed by atoms with E-state index in [-0.39, 0.29) is 18.4 Å². The van der Waals surface area contributed by atoms with Gasteiger partial charge in [0, 0.05) is 38.5 Å². The number of nitrogens with zero attached hydrogens (tertiary/aromatic N) is 2. The third-order valence-corrected chi connectivity index (χ3v) is 3.50. The maximum atomic E-state index is 12.3. The van der Waals surface area contributed by atoms with Crippen molar-refractivity contribution >= 4 is 11.8 Å². The molecule has 0 bridgehead atoms. The molecule has 1 heterocycles. The highest BCUT2D eigenvalue weighted by atomic mass is 16.5. The lowest BCUT2D eigenvalue weighted by Crippen LogP contribution is -2.27. The monoisotopic (exact) mass is 357 g/mol. The van der Waals surface area contributed by atoms with Crippen molar-refractivity contribution in [2.24, 2.45) is 0 Å². The number of hydrogen-bond donors (Lipinski definition) is 1. The van der Waals surface area contributed by atoms with Crippen LogP contribution in [0.3, 0.4) is 0 Å². The number of ether oxygens (including phenoxy) is 2. The fourth-order valence-corrected chi connectivity index (χ4v) is 2.07. The fraction of sp³-hybridized carbons (Fsp3) is 0.316. The third-order valence-electron chi connectivity index (χ3n) is 3.50. The van der Waals surface area contributed by atoms with Gasteiger partial charge in [0.2, 0.25) is 5.88 Å². The maximum Gasteiger partial charge on any atom is 0.259 e. The van der Waals surface area contributed by atoms with Gasteiger partial charge in [-0.25, -0.2) is 4.98 Å². The van der Waals surface area contributed by atoms with Gasteiger partial charge in [0.25, 0.3) is 11.8 Å². The van der Waals surface area contributed by atoms with Gasteiger partial charge < -0.3 is 19.7 Å². The molecular formula is C19H23N3O4. The van der Waals surface area contributed by atoms with Crippen LogP contribution in [-0.4, -0.2) is 49.0 Å². The van der Waals surface area contributed by atoms with E-state index in [0.29, 0.717) is 30.3 Å². The van der Waals surface area contributed by atoms with Gasteiger partial charge in [-0.05, 0) is 36.8 Å². The Balaban J connectivity index is 1.94. The highest BCUT2D eigenvalue weighted by Crippen LogP contribution is 2.14. The summed E-state index contributed by atoms with van der Waals surface area (Å²) in [5.74, 6) is 0.613. The van der Waals surface area contributed by atoms with E-state index in [2.05, 4.69) is 10.3 Å². The molecule has 0 radical (unpaired) electrons. The second-order valence-electron chi connectivity index (χ2n) is 5.72. The van der Waals surface area contributed by atoms with Crippen LogP contribution in [0.25, 0.3) is 0 Å². The zero-order valence-electron chi connectivity index (χ0n) is 15.2. The SMILES string of the molecule is CCOc1cc(CNC(=O)c2cccc(OCC(=O)N(C)C)c2)ccn1. The molecule has 1 N–H and O–H groups in total. The molecule has 26 heavy (non-hydrogen) atoms. The van der Waals surface area contributed by atoms with Crippen LogP contribution in [0.5, 0.6) is 11.6 Å². The Morgan fingerprint density at radius 2 is 1.96 bits per heavy atom. The Bertz CT molecular complexity index is 762. The van der Waals surface area contributed by atoms with Gasteiger partial charge in [-0.15, -0.1) is 0 Å². The van der Waals surface area contributed by atoms with Crippen LogP contribution in [-0.2, 0) is 11.3 Å². The summed E-state index contributed by atoms with van der Waals surface area (Å²) in [7, 11) is 3.32. The van der Waals surface area contributed by atoms with Crippen molar-refractivity contribution < 1.29 is 19.1 Å². The Kier molecular flexibility index (Phi) is 6.96. The molecule has 1 aromatic carbocycles. The van der Waals surface area contributed by atoms with E-state index in [1.54, 1.807) is 50.6 Å². The van der Waals surface area contributed by atoms with Crippen molar-refractivity contribution in [1.29, 1.82) is 0 Å². The van der Waals surface area contributed by atoms with E-state index in [1.807, 2.05) is 13.0 Å². The average molecular weight is 357 g/mol. The lowest BCUT2D eigenvalue weighted by atomic mass is 10.2. The molecule has 0 fully saturated rings. The van der Waals surface area contributed by atoms with Crippen LogP contribution in [0.1, 0.15) is 22.8 Å². The number of carbonyl (C=O) groups is 2. The van der Waals surface area contributed by atoms with Crippen molar-refractivity contribution in [3.8, 4) is 11.6 Å². The van der Waals surface area contributed by atoms with Gasteiger partial charge in [0.05, 0.1) is 6.61 Å². The molecule has 2 aromatic rings. The van der Waals surface area contributed by atoms with Gasteiger partial charge in [-0.1, -0.05) is 6.07 Å². The van der Waals surface area contributed by atoms with Crippen LogP contribution in [0, 0.1) is 0 Å². The molecule has 0 saturated heterocycles. The predicted molar refractivity (Wildman–Crippen MR) is 97.2 cm³/mol. The van der Waals surface area contributed by atoms with Crippen molar-refractivity contribution in [2.75, 3.05) is 27.3 Å². The smallest absolute Gasteiger partial charge is 0.259 e. The fourth-order valence-electron chi connectivity index (χ4n) is 2.07. The summed E-state index contributed by atoms with van der Waals surface area (Å²) in [4.78, 5) is 29.4. The van der Waals surface area contributed by atoms with Gasteiger partial charge in [0.15, 0.2) is 6.61 Å². The molecule has 7 nitrogen and oxygen atoms in total. The number of rotatable bonds is 8. The quantitative estimate of drug-likeness (QED) is 0.780. The Morgan fingerprint density at radius 1 is 1.15 bits per heavy atom. The average Bonchev–Trinajstić information content (AvgIpc) is 2.65. The maximum absolute atomic E-state index is 12.3. The second-order valence-corrected chi connectivity index (χ2v) is 5.72. The topological polar surface area (TPSA) is 80.8 Å². The molecule has 138 valence electrons. The van der Waals surface area contributed by atoms with Crippen molar-refractivity contribution in [2.45, 2.75) is 13.5 Å². The van der Waals surface area contributed by atoms with E-state index in [9.17, 15) is 9.59 Å². The molecule has 0 atom stereocenters. The summed E-state index contributed by atoms with van der Waals surface area (Å²) in [6.07, 6.45) is 1.64. The Morgan fingerprint density at radius 3 is 2.69 bits per heavy atom. The van der Waals surface area contributed by atoms with E-state index in [0.717, 1.165) is 5.56 Å². The Labute approximate surface area is 152 Å². The van der Waals surface area contributed by atoms with E-state index in [4.69, 9.17) is 9.47 Å². The lowest BCUT2D eigenvalue weighted by Gasteiger charge is -2.12. The zero-order chi connectivity index (χ0) is 18.9. The predicted octanol–water partition coefficient (Wildman–Crippen LogP) is 1.88. The molecule has 0 unspecified atom stereocenters. The Hall–Kier alpha value is -3.09. The number of amides is 2. The highest BCUT2D eigenvalue weighted by Gasteiger charge is 2.09. The summed E-state index contributed by atoms with van der Waals surface area (Å²) in [6.45, 7) is 2.70. The van der Waals surface area contributed by atoms with Gasteiger partial charge in [0.1, 0.15) is 5.75 Å². The number of aromatic nitrogens is 1. The molecule has 0 spiro atoms. The van der Waals surface area contributed by atoms with Gasteiger partial charge in [-0.2, -0.15) is 0 Å². The second kappa shape index (κ2) is 9.41. The highest BCUT2D eigenvalue weighted by molar-refractivity contribution is 5.94. The third kappa shape index (κ3) is 5.77. The summed E-state index contributed by atoms with van der Waals surface area (Å²) in [5.41, 5.74) is 1.35. The summed E-state index contributed by atoms with van der Waals surface area (Å²) < 4.78 is 10.8. The molecule has 2 amide bonds. The first kappa shape index (κ1) is 19.2. The summed E-state index contributed by atoms with van der Waals surface area (Å²) >= 11 is 0. The molecule has 0 saturated carbocycles. The largest absolute Gasteiger partial charge is 0.484 e. The van der Waals surface area contributed by atoms with Crippen molar-refractivity contribution in [3.63, 3.8) is 0 Å². The summed E-state index contributed by atoms with van der Waals surface area (Å²) in [6, 6.07) is 10.3. The van der Waals surface area contributed by atoms with Crippen molar-refractivity contribution in [1.82, 2.24) is 15.2 Å². The minimum absolute atomic E-state index is 0.0741. The van der Waals surface area contributed by atoms with Crippen molar-refractivity contribution in [3.05, 3.63) is 53.7 Å². The number of benzene rings is 1. The lowest BCUT2D eigenvalue weighted by molar-refractivity contribution is -0.130. The molecule has 2 rings (SSSR count).